The zero-order valence-corrected chi connectivity index (χ0v) is 15.3. The second-order valence-electron chi connectivity index (χ2n) is 5.22. The maximum Gasteiger partial charge on any atom is 0.326 e. The number of carbonyl (C=O) groups excluding carboxylic acids is 1. The summed E-state index contributed by atoms with van der Waals surface area (Å²) in [4.78, 5) is 24.0. The van der Waals surface area contributed by atoms with Crippen LogP contribution in [0.1, 0.15) is 17.2 Å². The molecule has 0 radical (unpaired) electrons. The van der Waals surface area contributed by atoms with E-state index >= 15 is 0 Å². The molecular formula is C18H18INO4. The van der Waals surface area contributed by atoms with E-state index < -0.39 is 24.0 Å². The van der Waals surface area contributed by atoms with Crippen LogP contribution in [0.3, 0.4) is 0 Å². The van der Waals surface area contributed by atoms with E-state index in [2.05, 4.69) is 27.9 Å². The van der Waals surface area contributed by atoms with Crippen LogP contribution >= 0.6 is 22.6 Å². The fourth-order valence-corrected chi connectivity index (χ4v) is 2.96. The maximum absolute atomic E-state index is 12.5. The first kappa shape index (κ1) is 18.4. The third-order valence-electron chi connectivity index (χ3n) is 3.57. The van der Waals surface area contributed by atoms with E-state index in [-0.39, 0.29) is 6.42 Å². The Kier molecular flexibility index (Phi) is 6.74. The Morgan fingerprint density at radius 2 is 1.75 bits per heavy atom. The number of aliphatic carboxylic acids is 1. The molecule has 5 nitrogen and oxygen atoms in total. The highest BCUT2D eigenvalue weighted by atomic mass is 127. The van der Waals surface area contributed by atoms with Crippen LogP contribution in [0, 0.1) is 3.57 Å². The maximum atomic E-state index is 12.5. The smallest absolute Gasteiger partial charge is 0.326 e. The Bertz CT molecular complexity index is 705. The molecule has 2 rings (SSSR count). The number of carboxylic acid groups (broad SMARTS) is 1. The summed E-state index contributed by atoms with van der Waals surface area (Å²) in [6.45, 7) is 0. The number of amides is 1. The predicted octanol–water partition coefficient (Wildman–Crippen LogP) is 2.79. The van der Waals surface area contributed by atoms with Gasteiger partial charge in [0.25, 0.3) is 5.91 Å². The summed E-state index contributed by atoms with van der Waals surface area (Å²) in [5, 5.41) is 12.0. The van der Waals surface area contributed by atoms with Gasteiger partial charge >= 0.3 is 5.97 Å². The molecular weight excluding hydrogens is 421 g/mol. The summed E-state index contributed by atoms with van der Waals surface area (Å²) in [5.74, 6) is -1.55. The van der Waals surface area contributed by atoms with Crippen LogP contribution in [-0.2, 0) is 20.7 Å². The highest BCUT2D eigenvalue weighted by Gasteiger charge is 2.26. The SMILES string of the molecule is CO[C@H](C(=O)N[C@H](Cc1ccccc1I)C(=O)O)c1ccccc1. The van der Waals surface area contributed by atoms with Gasteiger partial charge in [-0.15, -0.1) is 0 Å². The van der Waals surface area contributed by atoms with Crippen LogP contribution in [0.2, 0.25) is 0 Å². The molecule has 0 fully saturated rings. The number of carboxylic acids is 1. The number of rotatable bonds is 7. The lowest BCUT2D eigenvalue weighted by Crippen LogP contribution is -2.44. The molecule has 2 aromatic carbocycles. The lowest BCUT2D eigenvalue weighted by Gasteiger charge is -2.20. The number of nitrogens with one attached hydrogen (secondary N) is 1. The third-order valence-corrected chi connectivity index (χ3v) is 4.63. The van der Waals surface area contributed by atoms with E-state index in [0.717, 1.165) is 9.13 Å². The van der Waals surface area contributed by atoms with E-state index in [9.17, 15) is 14.7 Å². The molecule has 6 heteroatoms. The van der Waals surface area contributed by atoms with Gasteiger partial charge in [-0.2, -0.15) is 0 Å². The Hall–Kier alpha value is -1.93. The van der Waals surface area contributed by atoms with Gasteiger partial charge in [-0.05, 0) is 39.8 Å². The van der Waals surface area contributed by atoms with Gasteiger partial charge in [-0.1, -0.05) is 48.5 Å². The van der Waals surface area contributed by atoms with Crippen LogP contribution in [0.15, 0.2) is 54.6 Å². The molecule has 1 amide bonds. The summed E-state index contributed by atoms with van der Waals surface area (Å²) < 4.78 is 6.21. The monoisotopic (exact) mass is 439 g/mol. The van der Waals surface area contributed by atoms with Gasteiger partial charge in [0.2, 0.25) is 0 Å². The number of hydrogen-bond donors (Lipinski definition) is 2. The van der Waals surface area contributed by atoms with Crippen LogP contribution < -0.4 is 5.32 Å². The van der Waals surface area contributed by atoms with Gasteiger partial charge in [0.1, 0.15) is 6.04 Å². The summed E-state index contributed by atoms with van der Waals surface area (Å²) in [5.41, 5.74) is 1.55. The van der Waals surface area contributed by atoms with Gasteiger partial charge in [-0.3, -0.25) is 4.79 Å². The second kappa shape index (κ2) is 8.79. The summed E-state index contributed by atoms with van der Waals surface area (Å²) >= 11 is 2.15. The lowest BCUT2D eigenvalue weighted by molar-refractivity contribution is -0.144. The fraction of sp³-hybridized carbons (Fsp3) is 0.222. The highest BCUT2D eigenvalue weighted by molar-refractivity contribution is 14.1. The molecule has 0 saturated carbocycles. The number of hydrogen-bond acceptors (Lipinski definition) is 3. The molecule has 0 aliphatic carbocycles. The second-order valence-corrected chi connectivity index (χ2v) is 6.38. The van der Waals surface area contributed by atoms with Gasteiger partial charge in [-0.25, -0.2) is 4.79 Å². The van der Waals surface area contributed by atoms with Gasteiger partial charge < -0.3 is 15.2 Å². The lowest BCUT2D eigenvalue weighted by atomic mass is 10.0. The minimum absolute atomic E-state index is 0.214. The van der Waals surface area contributed by atoms with E-state index in [1.807, 2.05) is 30.3 Å². The number of halogens is 1. The molecule has 0 aromatic heterocycles. The van der Waals surface area contributed by atoms with Gasteiger partial charge in [0, 0.05) is 17.1 Å². The van der Waals surface area contributed by atoms with Crippen molar-refractivity contribution in [1.29, 1.82) is 0 Å². The molecule has 0 saturated heterocycles. The van der Waals surface area contributed by atoms with Gasteiger partial charge in [0.05, 0.1) is 0 Å². The zero-order chi connectivity index (χ0) is 17.5. The number of methoxy groups -OCH3 is 1. The number of benzene rings is 2. The largest absolute Gasteiger partial charge is 0.480 e. The first-order chi connectivity index (χ1) is 11.5. The van der Waals surface area contributed by atoms with E-state index in [1.165, 1.54) is 7.11 Å². The normalized spacial score (nSPS) is 13.1. The number of ether oxygens (including phenoxy) is 1. The van der Waals surface area contributed by atoms with Crippen molar-refractivity contribution in [2.24, 2.45) is 0 Å². The average Bonchev–Trinajstić information content (AvgIpc) is 2.57. The van der Waals surface area contributed by atoms with Crippen molar-refractivity contribution in [3.05, 3.63) is 69.3 Å². The molecule has 24 heavy (non-hydrogen) atoms. The molecule has 0 heterocycles. The van der Waals surface area contributed by atoms with Crippen molar-refractivity contribution in [2.45, 2.75) is 18.6 Å². The topological polar surface area (TPSA) is 75.6 Å². The zero-order valence-electron chi connectivity index (χ0n) is 13.1. The van der Waals surface area contributed by atoms with Crippen molar-refractivity contribution < 1.29 is 19.4 Å². The Labute approximate surface area is 154 Å². The first-order valence-electron chi connectivity index (χ1n) is 7.37. The van der Waals surface area contributed by atoms with Gasteiger partial charge in [0.15, 0.2) is 6.10 Å². The Morgan fingerprint density at radius 3 is 2.33 bits per heavy atom. The fourth-order valence-electron chi connectivity index (χ4n) is 2.35. The van der Waals surface area contributed by atoms with E-state index in [0.29, 0.717) is 5.56 Å². The van der Waals surface area contributed by atoms with Crippen molar-refractivity contribution in [2.75, 3.05) is 7.11 Å². The highest BCUT2D eigenvalue weighted by Crippen LogP contribution is 2.18. The quantitative estimate of drug-likeness (QED) is 0.651. The standard InChI is InChI=1S/C18H18INO4/c1-24-16(12-7-3-2-4-8-12)17(21)20-15(18(22)23)11-13-9-5-6-10-14(13)19/h2-10,15-16H,11H2,1H3,(H,20,21)(H,22,23)/t15-,16+/m1/s1. The summed E-state index contributed by atoms with van der Waals surface area (Å²) in [6.07, 6.45) is -0.631. The van der Waals surface area contributed by atoms with Crippen molar-refractivity contribution >= 4 is 34.5 Å². The van der Waals surface area contributed by atoms with Crippen LogP contribution in [0.4, 0.5) is 0 Å². The molecule has 0 aliphatic heterocycles. The first-order valence-corrected chi connectivity index (χ1v) is 8.45. The van der Waals surface area contributed by atoms with Crippen molar-refractivity contribution in [3.63, 3.8) is 0 Å². The average molecular weight is 439 g/mol. The molecule has 0 aliphatic rings. The minimum Gasteiger partial charge on any atom is -0.480 e. The van der Waals surface area contributed by atoms with Crippen LogP contribution in [-0.4, -0.2) is 30.1 Å². The van der Waals surface area contributed by atoms with E-state index in [1.54, 1.807) is 24.3 Å². The molecule has 2 N–H and O–H groups in total. The van der Waals surface area contributed by atoms with E-state index in [4.69, 9.17) is 4.74 Å². The molecule has 0 unspecified atom stereocenters. The summed E-state index contributed by atoms with van der Waals surface area (Å²) in [7, 11) is 1.42. The number of carbonyl (C=O) groups is 2. The van der Waals surface area contributed by atoms with Crippen molar-refractivity contribution in [1.82, 2.24) is 5.32 Å². The molecule has 2 atom stereocenters. The third kappa shape index (κ3) is 4.78. The Morgan fingerprint density at radius 1 is 1.12 bits per heavy atom. The van der Waals surface area contributed by atoms with Crippen molar-refractivity contribution in [3.8, 4) is 0 Å². The molecule has 0 bridgehead atoms. The predicted molar refractivity (Wildman–Crippen MR) is 98.6 cm³/mol. The van der Waals surface area contributed by atoms with Crippen LogP contribution in [0.5, 0.6) is 0 Å². The molecule has 2 aromatic rings. The molecule has 0 spiro atoms. The summed E-state index contributed by atoms with van der Waals surface area (Å²) in [6, 6.07) is 15.4. The molecule has 126 valence electrons. The minimum atomic E-state index is -1.08. The van der Waals surface area contributed by atoms with Crippen LogP contribution in [0.25, 0.3) is 0 Å². The Balaban J connectivity index is 2.13.